The molecule has 9 nitrogen and oxygen atoms in total. The molecule has 1 atom stereocenters. The van der Waals surface area contributed by atoms with Crippen LogP contribution < -0.4 is 5.32 Å². The maximum Gasteiger partial charge on any atom is 0.254 e. The molecule has 1 fully saturated rings. The fourth-order valence-electron chi connectivity index (χ4n) is 4.88. The minimum absolute atomic E-state index is 0.0872. The third-order valence-electron chi connectivity index (χ3n) is 7.11. The van der Waals surface area contributed by atoms with E-state index in [1.807, 2.05) is 42.5 Å². The van der Waals surface area contributed by atoms with Gasteiger partial charge in [-0.05, 0) is 30.0 Å². The lowest BCUT2D eigenvalue weighted by Gasteiger charge is -2.28. The van der Waals surface area contributed by atoms with Gasteiger partial charge in [-0.25, -0.2) is 9.97 Å². The Morgan fingerprint density at radius 2 is 2.00 bits per heavy atom. The van der Waals surface area contributed by atoms with Gasteiger partial charge in [0.05, 0.1) is 29.6 Å². The molecule has 0 radical (unpaired) electrons. The minimum atomic E-state index is -0.487. The van der Waals surface area contributed by atoms with Crippen LogP contribution in [0, 0.1) is 0 Å². The van der Waals surface area contributed by atoms with Crippen LogP contribution in [0.2, 0.25) is 5.02 Å². The van der Waals surface area contributed by atoms with Crippen LogP contribution >= 0.6 is 11.6 Å². The second kappa shape index (κ2) is 11.5. The smallest absolute Gasteiger partial charge is 0.254 e. The number of amides is 2. The molecule has 2 aliphatic rings. The number of rotatable bonds is 8. The lowest BCUT2D eigenvalue weighted by molar-refractivity contribution is -0.133. The van der Waals surface area contributed by atoms with E-state index < -0.39 is 6.04 Å². The minimum Gasteiger partial charge on any atom is -0.394 e. The summed E-state index contributed by atoms with van der Waals surface area (Å²) in [7, 11) is 1.64. The number of aromatic nitrogens is 2. The fraction of sp³-hybridized carbons (Fsp3) is 0.357. The molecule has 2 aromatic carbocycles. The van der Waals surface area contributed by atoms with Crippen molar-refractivity contribution in [2.75, 3.05) is 38.7 Å². The Morgan fingerprint density at radius 3 is 2.74 bits per heavy atom. The number of nitrogens with zero attached hydrogens (tertiary/aromatic N) is 4. The highest BCUT2D eigenvalue weighted by Gasteiger charge is 2.31. The van der Waals surface area contributed by atoms with E-state index in [-0.39, 0.29) is 31.0 Å². The Hall–Kier alpha value is -3.53. The topological polar surface area (TPSA) is 108 Å². The van der Waals surface area contributed by atoms with Crippen molar-refractivity contribution in [1.29, 1.82) is 0 Å². The zero-order valence-corrected chi connectivity index (χ0v) is 21.9. The van der Waals surface area contributed by atoms with Gasteiger partial charge < -0.3 is 25.0 Å². The number of fused-ring (bicyclic) bond motifs is 1. The van der Waals surface area contributed by atoms with E-state index in [0.717, 1.165) is 24.0 Å². The summed E-state index contributed by atoms with van der Waals surface area (Å²) in [5.41, 5.74) is 3.43. The summed E-state index contributed by atoms with van der Waals surface area (Å²) >= 11 is 6.45. The Labute approximate surface area is 226 Å². The predicted molar refractivity (Wildman–Crippen MR) is 144 cm³/mol. The van der Waals surface area contributed by atoms with Gasteiger partial charge in [0.1, 0.15) is 6.54 Å². The lowest BCUT2D eigenvalue weighted by atomic mass is 10.0. The molecule has 38 heavy (non-hydrogen) atoms. The first kappa shape index (κ1) is 26.1. The summed E-state index contributed by atoms with van der Waals surface area (Å²) in [5, 5.41) is 13.7. The average Bonchev–Trinajstić information content (AvgIpc) is 3.25. The molecule has 1 saturated heterocycles. The van der Waals surface area contributed by atoms with Crippen LogP contribution in [-0.2, 0) is 16.1 Å². The fourth-order valence-corrected chi connectivity index (χ4v) is 5.08. The quantitative estimate of drug-likeness (QED) is 0.454. The zero-order valence-electron chi connectivity index (χ0n) is 21.1. The van der Waals surface area contributed by atoms with Crippen LogP contribution in [0.4, 0.5) is 5.95 Å². The van der Waals surface area contributed by atoms with E-state index in [4.69, 9.17) is 16.3 Å². The molecular weight excluding hydrogens is 506 g/mol. The molecule has 2 amide bonds. The van der Waals surface area contributed by atoms with Crippen LogP contribution in [0.3, 0.4) is 0 Å². The Morgan fingerprint density at radius 1 is 1.24 bits per heavy atom. The maximum absolute atomic E-state index is 13.3. The van der Waals surface area contributed by atoms with Gasteiger partial charge in [0.25, 0.3) is 5.91 Å². The molecule has 3 aromatic rings. The van der Waals surface area contributed by atoms with Crippen LogP contribution in [0.15, 0.2) is 54.7 Å². The van der Waals surface area contributed by atoms with Crippen LogP contribution in [0.25, 0.3) is 11.3 Å². The van der Waals surface area contributed by atoms with Crippen molar-refractivity contribution in [3.05, 3.63) is 76.4 Å². The van der Waals surface area contributed by atoms with Gasteiger partial charge in [0, 0.05) is 44.0 Å². The lowest BCUT2D eigenvalue weighted by Crippen LogP contribution is -2.41. The van der Waals surface area contributed by atoms with E-state index in [1.165, 1.54) is 9.80 Å². The van der Waals surface area contributed by atoms with Crippen molar-refractivity contribution in [3.8, 4) is 11.3 Å². The summed E-state index contributed by atoms with van der Waals surface area (Å²) in [5.74, 6) is 0.00166. The van der Waals surface area contributed by atoms with Gasteiger partial charge in [-0.3, -0.25) is 9.59 Å². The molecule has 0 aliphatic carbocycles. The van der Waals surface area contributed by atoms with Crippen LogP contribution in [-0.4, -0.2) is 76.1 Å². The van der Waals surface area contributed by atoms with Crippen LogP contribution in [0.5, 0.6) is 0 Å². The number of benzene rings is 2. The second-order valence-corrected chi connectivity index (χ2v) is 9.98. The van der Waals surface area contributed by atoms with Gasteiger partial charge >= 0.3 is 0 Å². The van der Waals surface area contributed by atoms with E-state index >= 15 is 0 Å². The van der Waals surface area contributed by atoms with Crippen molar-refractivity contribution in [1.82, 2.24) is 19.8 Å². The highest BCUT2D eigenvalue weighted by atomic mass is 35.5. The number of halogens is 1. The first-order valence-electron chi connectivity index (χ1n) is 12.7. The molecule has 2 N–H and O–H groups in total. The largest absolute Gasteiger partial charge is 0.394 e. The number of likely N-dealkylation sites (N-methyl/N-ethyl adjacent to an activating group) is 1. The summed E-state index contributed by atoms with van der Waals surface area (Å²) in [6.45, 7) is 1.43. The number of nitrogens with one attached hydrogen (secondary N) is 1. The van der Waals surface area contributed by atoms with Gasteiger partial charge in [0.2, 0.25) is 11.9 Å². The van der Waals surface area contributed by atoms with Crippen molar-refractivity contribution < 1.29 is 19.4 Å². The summed E-state index contributed by atoms with van der Waals surface area (Å²) in [4.78, 5) is 38.3. The standard InChI is InChI=1S/C28H30ClN5O4/c1-33(24(17-35)18-5-3-2-4-6-18)25(36)16-34-15-20-8-7-19(13-22(20)27(34)37)26-23(29)14-30-28(32-26)31-21-9-11-38-12-10-21/h2-8,13-14,21,24,35H,9-12,15-17H2,1H3,(H,30,31,32)/t24-/m1/s1. The summed E-state index contributed by atoms with van der Waals surface area (Å²) in [6, 6.07) is 14.6. The van der Waals surface area contributed by atoms with Gasteiger partial charge in [0.15, 0.2) is 0 Å². The third kappa shape index (κ3) is 5.50. The number of anilines is 1. The molecule has 2 aliphatic heterocycles. The second-order valence-electron chi connectivity index (χ2n) is 9.57. The number of aliphatic hydroxyl groups excluding tert-OH is 1. The SMILES string of the molecule is CN(C(=O)CN1Cc2ccc(-c3nc(NC4CCOCC4)ncc3Cl)cc2C1=O)[C@H](CO)c1ccccc1. The number of hydrogen-bond donors (Lipinski definition) is 2. The molecule has 1 aromatic heterocycles. The van der Waals surface area contributed by atoms with Gasteiger partial charge in [-0.1, -0.05) is 54.1 Å². The molecule has 0 saturated carbocycles. The molecular formula is C28H30ClN5O4. The van der Waals surface area contributed by atoms with Gasteiger partial charge in [-0.2, -0.15) is 0 Å². The molecule has 3 heterocycles. The number of carbonyl (C=O) groups is 2. The van der Waals surface area contributed by atoms with Crippen LogP contribution in [0.1, 0.15) is 40.4 Å². The van der Waals surface area contributed by atoms with Gasteiger partial charge in [-0.15, -0.1) is 0 Å². The number of ether oxygens (including phenoxy) is 1. The van der Waals surface area contributed by atoms with Crippen molar-refractivity contribution >= 4 is 29.4 Å². The Kier molecular flexibility index (Phi) is 7.87. The summed E-state index contributed by atoms with van der Waals surface area (Å²) in [6.07, 6.45) is 3.32. The molecule has 5 rings (SSSR count). The van der Waals surface area contributed by atoms with E-state index in [0.29, 0.717) is 47.6 Å². The molecule has 10 heteroatoms. The molecule has 0 bridgehead atoms. The van der Waals surface area contributed by atoms with Crippen molar-refractivity contribution in [2.45, 2.75) is 31.5 Å². The van der Waals surface area contributed by atoms with E-state index in [9.17, 15) is 14.7 Å². The molecule has 198 valence electrons. The number of carbonyl (C=O) groups excluding carboxylic acids is 2. The zero-order chi connectivity index (χ0) is 26.6. The third-order valence-corrected chi connectivity index (χ3v) is 7.38. The normalized spacial score (nSPS) is 16.3. The molecule has 0 spiro atoms. The highest BCUT2D eigenvalue weighted by Crippen LogP contribution is 2.32. The monoisotopic (exact) mass is 535 g/mol. The van der Waals surface area contributed by atoms with E-state index in [1.54, 1.807) is 19.3 Å². The Bertz CT molecular complexity index is 1320. The van der Waals surface area contributed by atoms with E-state index in [2.05, 4.69) is 15.3 Å². The first-order chi connectivity index (χ1) is 18.4. The maximum atomic E-state index is 13.3. The highest BCUT2D eigenvalue weighted by molar-refractivity contribution is 6.33. The average molecular weight is 536 g/mol. The van der Waals surface area contributed by atoms with Crippen molar-refractivity contribution in [2.24, 2.45) is 0 Å². The number of aliphatic hydroxyl groups is 1. The molecule has 0 unspecified atom stereocenters. The van der Waals surface area contributed by atoms with Crippen molar-refractivity contribution in [3.63, 3.8) is 0 Å². The Balaban J connectivity index is 1.30. The summed E-state index contributed by atoms with van der Waals surface area (Å²) < 4.78 is 5.41. The number of hydrogen-bond acceptors (Lipinski definition) is 7. The first-order valence-corrected chi connectivity index (χ1v) is 13.0. The predicted octanol–water partition coefficient (Wildman–Crippen LogP) is 3.54.